The van der Waals surface area contributed by atoms with Gasteiger partial charge in [0.25, 0.3) is 0 Å². The van der Waals surface area contributed by atoms with Crippen molar-refractivity contribution in [3.05, 3.63) is 89.6 Å². The molecule has 210 valence electrons. The van der Waals surface area contributed by atoms with Crippen LogP contribution in [0.4, 0.5) is 0 Å². The number of rotatable bonds is 10. The summed E-state index contributed by atoms with van der Waals surface area (Å²) in [6.07, 6.45) is 2.59. The standard InChI is InChI=1S/C33H39N3O4/c1-5-34-14-16-35(17-15-34)33(37)21-30(25-18-27(39-3)20-28(19-25)40-4)31-23-36(32-9-7-6-8-29(31)32)22-24-10-12-26(38-2)13-11-24/h6-13,18-20,23,30H,5,14-17,21-22H2,1-4H3/t30-/m1/s1. The van der Waals surface area contributed by atoms with Crippen LogP contribution < -0.4 is 14.2 Å². The van der Waals surface area contributed by atoms with E-state index < -0.39 is 0 Å². The molecule has 1 amide bonds. The summed E-state index contributed by atoms with van der Waals surface area (Å²) >= 11 is 0. The number of piperazine rings is 1. The minimum atomic E-state index is -0.164. The van der Waals surface area contributed by atoms with Gasteiger partial charge in [0.1, 0.15) is 17.2 Å². The molecule has 3 aromatic carbocycles. The summed E-state index contributed by atoms with van der Waals surface area (Å²) in [5.74, 6) is 2.28. The zero-order valence-corrected chi connectivity index (χ0v) is 23.9. The third-order valence-electron chi connectivity index (χ3n) is 8.03. The van der Waals surface area contributed by atoms with Crippen molar-refractivity contribution in [1.29, 1.82) is 0 Å². The molecule has 1 atom stereocenters. The predicted octanol–water partition coefficient (Wildman–Crippen LogP) is 5.40. The van der Waals surface area contributed by atoms with Crippen LogP contribution in [-0.2, 0) is 11.3 Å². The van der Waals surface area contributed by atoms with Crippen LogP contribution >= 0.6 is 0 Å². The molecule has 0 N–H and O–H groups in total. The molecule has 1 aromatic heterocycles. The van der Waals surface area contributed by atoms with Gasteiger partial charge in [0, 0.05) is 68.2 Å². The summed E-state index contributed by atoms with van der Waals surface area (Å²) < 4.78 is 18.9. The normalized spacial score (nSPS) is 14.8. The number of carbonyl (C=O) groups is 1. The Morgan fingerprint density at radius 3 is 2.10 bits per heavy atom. The summed E-state index contributed by atoms with van der Waals surface area (Å²) in [5, 5.41) is 1.14. The van der Waals surface area contributed by atoms with Crippen molar-refractivity contribution in [2.75, 3.05) is 54.1 Å². The lowest BCUT2D eigenvalue weighted by Gasteiger charge is -2.35. The number of likely N-dealkylation sites (N-methyl/N-ethyl adjacent to an activating group) is 1. The van der Waals surface area contributed by atoms with Gasteiger partial charge in [0.2, 0.25) is 5.91 Å². The maximum atomic E-state index is 13.8. The van der Waals surface area contributed by atoms with E-state index in [0.29, 0.717) is 24.5 Å². The first-order chi connectivity index (χ1) is 19.5. The van der Waals surface area contributed by atoms with E-state index in [9.17, 15) is 4.79 Å². The average Bonchev–Trinajstić information content (AvgIpc) is 3.37. The maximum absolute atomic E-state index is 13.8. The molecule has 2 heterocycles. The number of carbonyl (C=O) groups excluding carboxylic acids is 1. The number of para-hydroxylation sites is 1. The van der Waals surface area contributed by atoms with Gasteiger partial charge < -0.3 is 28.6 Å². The number of amides is 1. The fourth-order valence-corrected chi connectivity index (χ4v) is 5.67. The van der Waals surface area contributed by atoms with E-state index in [1.54, 1.807) is 21.3 Å². The summed E-state index contributed by atoms with van der Waals surface area (Å²) in [4.78, 5) is 18.2. The number of benzene rings is 3. The van der Waals surface area contributed by atoms with Crippen LogP contribution in [0, 0.1) is 0 Å². The van der Waals surface area contributed by atoms with Crippen molar-refractivity contribution in [3.63, 3.8) is 0 Å². The van der Waals surface area contributed by atoms with Crippen molar-refractivity contribution in [2.24, 2.45) is 0 Å². The van der Waals surface area contributed by atoms with E-state index in [0.717, 1.165) is 60.5 Å². The molecule has 0 bridgehead atoms. The largest absolute Gasteiger partial charge is 0.497 e. The molecule has 0 radical (unpaired) electrons. The zero-order valence-electron chi connectivity index (χ0n) is 23.9. The SMILES string of the molecule is CCN1CCN(C(=O)C[C@H](c2cc(OC)cc(OC)c2)c2cn(Cc3ccc(OC)cc3)c3ccccc23)CC1. The fraction of sp³-hybridized carbons (Fsp3) is 0.364. The Kier molecular flexibility index (Phi) is 8.60. The summed E-state index contributed by atoms with van der Waals surface area (Å²) in [6.45, 7) is 7.27. The van der Waals surface area contributed by atoms with Crippen molar-refractivity contribution in [1.82, 2.24) is 14.4 Å². The van der Waals surface area contributed by atoms with Crippen molar-refractivity contribution in [2.45, 2.75) is 25.8 Å². The molecule has 5 rings (SSSR count). The molecule has 0 spiro atoms. The number of aromatic nitrogens is 1. The number of hydrogen-bond donors (Lipinski definition) is 0. The molecule has 7 nitrogen and oxygen atoms in total. The highest BCUT2D eigenvalue weighted by Gasteiger charge is 2.28. The molecule has 4 aromatic rings. The molecule has 0 saturated carbocycles. The van der Waals surface area contributed by atoms with Crippen molar-refractivity contribution >= 4 is 16.8 Å². The molecule has 40 heavy (non-hydrogen) atoms. The van der Waals surface area contributed by atoms with Gasteiger partial charge in [-0.3, -0.25) is 4.79 Å². The monoisotopic (exact) mass is 541 g/mol. The number of hydrogen-bond acceptors (Lipinski definition) is 5. The average molecular weight is 542 g/mol. The number of nitrogens with zero attached hydrogens (tertiary/aromatic N) is 3. The highest BCUT2D eigenvalue weighted by Crippen LogP contribution is 2.38. The van der Waals surface area contributed by atoms with Gasteiger partial charge in [-0.05, 0) is 53.6 Å². The molecule has 1 aliphatic rings. The second-order valence-corrected chi connectivity index (χ2v) is 10.3. The Hall–Kier alpha value is -3.97. The lowest BCUT2D eigenvalue weighted by Crippen LogP contribution is -2.48. The highest BCUT2D eigenvalue weighted by atomic mass is 16.5. The number of fused-ring (bicyclic) bond motifs is 1. The summed E-state index contributed by atoms with van der Waals surface area (Å²) in [7, 11) is 5.00. The van der Waals surface area contributed by atoms with E-state index in [4.69, 9.17) is 14.2 Å². The van der Waals surface area contributed by atoms with Gasteiger partial charge in [-0.25, -0.2) is 0 Å². The molecule has 1 aliphatic heterocycles. The van der Waals surface area contributed by atoms with Crippen LogP contribution in [0.15, 0.2) is 72.9 Å². The minimum Gasteiger partial charge on any atom is -0.497 e. The lowest BCUT2D eigenvalue weighted by atomic mass is 9.87. The van der Waals surface area contributed by atoms with Gasteiger partial charge in [-0.2, -0.15) is 0 Å². The molecule has 0 unspecified atom stereocenters. The second kappa shape index (κ2) is 12.5. The number of ether oxygens (including phenoxy) is 3. The first kappa shape index (κ1) is 27.6. The topological polar surface area (TPSA) is 56.2 Å². The highest BCUT2D eigenvalue weighted by molar-refractivity contribution is 5.87. The fourth-order valence-electron chi connectivity index (χ4n) is 5.67. The third kappa shape index (κ3) is 5.94. The van der Waals surface area contributed by atoms with Crippen LogP contribution in [0.2, 0.25) is 0 Å². The Morgan fingerprint density at radius 1 is 0.825 bits per heavy atom. The predicted molar refractivity (Wildman–Crippen MR) is 159 cm³/mol. The molecule has 1 fully saturated rings. The molecular formula is C33H39N3O4. The zero-order chi connectivity index (χ0) is 28.1. The van der Waals surface area contributed by atoms with Crippen LogP contribution in [0.1, 0.15) is 36.0 Å². The first-order valence-electron chi connectivity index (χ1n) is 14.0. The minimum absolute atomic E-state index is 0.164. The Morgan fingerprint density at radius 2 is 1.48 bits per heavy atom. The summed E-state index contributed by atoms with van der Waals surface area (Å²) in [6, 6.07) is 22.6. The van der Waals surface area contributed by atoms with Crippen molar-refractivity contribution in [3.8, 4) is 17.2 Å². The van der Waals surface area contributed by atoms with E-state index >= 15 is 0 Å². The quantitative estimate of drug-likeness (QED) is 0.269. The van der Waals surface area contributed by atoms with Gasteiger partial charge in [0.05, 0.1) is 21.3 Å². The first-order valence-corrected chi connectivity index (χ1v) is 14.0. The van der Waals surface area contributed by atoms with Gasteiger partial charge in [0.15, 0.2) is 0 Å². The van der Waals surface area contributed by atoms with Gasteiger partial charge in [-0.1, -0.05) is 37.3 Å². The van der Waals surface area contributed by atoms with Crippen LogP contribution in [0.5, 0.6) is 17.2 Å². The van der Waals surface area contributed by atoms with E-state index in [1.807, 2.05) is 35.2 Å². The third-order valence-corrected chi connectivity index (χ3v) is 8.03. The molecule has 7 heteroatoms. The second-order valence-electron chi connectivity index (χ2n) is 10.3. The Labute approximate surface area is 236 Å². The molecular weight excluding hydrogens is 502 g/mol. The van der Waals surface area contributed by atoms with E-state index in [2.05, 4.69) is 59.0 Å². The molecule has 1 saturated heterocycles. The van der Waals surface area contributed by atoms with Crippen LogP contribution in [0.25, 0.3) is 10.9 Å². The Bertz CT molecular complexity index is 1420. The van der Waals surface area contributed by atoms with Gasteiger partial charge in [-0.15, -0.1) is 0 Å². The summed E-state index contributed by atoms with van der Waals surface area (Å²) in [5.41, 5.74) is 4.44. The van der Waals surface area contributed by atoms with Crippen LogP contribution in [0.3, 0.4) is 0 Å². The Balaban J connectivity index is 1.55. The lowest BCUT2D eigenvalue weighted by molar-refractivity contribution is -0.133. The maximum Gasteiger partial charge on any atom is 0.223 e. The van der Waals surface area contributed by atoms with E-state index in [1.165, 1.54) is 5.56 Å². The van der Waals surface area contributed by atoms with Gasteiger partial charge >= 0.3 is 0 Å². The van der Waals surface area contributed by atoms with E-state index in [-0.39, 0.29) is 11.8 Å². The number of methoxy groups -OCH3 is 3. The van der Waals surface area contributed by atoms with Crippen LogP contribution in [-0.4, -0.2) is 74.3 Å². The molecule has 0 aliphatic carbocycles. The van der Waals surface area contributed by atoms with Crippen molar-refractivity contribution < 1.29 is 19.0 Å². The smallest absolute Gasteiger partial charge is 0.223 e.